The van der Waals surface area contributed by atoms with Crippen LogP contribution in [0.3, 0.4) is 0 Å². The Morgan fingerprint density at radius 1 is 1.30 bits per heavy atom. The summed E-state index contributed by atoms with van der Waals surface area (Å²) in [5.74, 6) is 0.865. The number of thiophene rings is 1. The molecule has 0 amide bonds. The molecule has 2 N–H and O–H groups in total. The average Bonchev–Trinajstić information content (AvgIpc) is 3.07. The first-order chi connectivity index (χ1) is 9.78. The Bertz CT molecular complexity index is 533. The number of guanidine groups is 1. The molecule has 4 nitrogen and oxygen atoms in total. The van der Waals surface area contributed by atoms with Crippen molar-refractivity contribution in [3.63, 3.8) is 0 Å². The van der Waals surface area contributed by atoms with Gasteiger partial charge < -0.3 is 15.2 Å². The second-order valence-corrected chi connectivity index (χ2v) is 6.80. The average molecular weight is 355 g/mol. The van der Waals surface area contributed by atoms with Gasteiger partial charge in [-0.05, 0) is 47.1 Å². The number of nitrogens with one attached hydrogen (secondary N) is 2. The number of halogens is 1. The molecular weight excluding hydrogens is 336 g/mol. The summed E-state index contributed by atoms with van der Waals surface area (Å²) < 4.78 is 3.29. The molecule has 2 rings (SSSR count). The van der Waals surface area contributed by atoms with Crippen LogP contribution < -0.4 is 10.6 Å². The normalized spacial score (nSPS) is 11.6. The van der Waals surface area contributed by atoms with Crippen LogP contribution in [0.1, 0.15) is 11.8 Å². The van der Waals surface area contributed by atoms with Crippen LogP contribution in [-0.2, 0) is 13.1 Å². The minimum absolute atomic E-state index is 0.703. The molecule has 0 unspecified atom stereocenters. The van der Waals surface area contributed by atoms with Crippen molar-refractivity contribution in [1.29, 1.82) is 0 Å². The van der Waals surface area contributed by atoms with E-state index in [9.17, 15) is 0 Å². The molecule has 0 aliphatic rings. The predicted octanol–water partition coefficient (Wildman–Crippen LogP) is 3.07. The second kappa shape index (κ2) is 8.11. The summed E-state index contributed by atoms with van der Waals surface area (Å²) in [6.45, 7) is 5.43. The van der Waals surface area contributed by atoms with Crippen LogP contribution in [0.2, 0.25) is 0 Å². The summed E-state index contributed by atoms with van der Waals surface area (Å²) in [5.41, 5.74) is 0. The summed E-state index contributed by atoms with van der Waals surface area (Å²) in [7, 11) is 0. The molecule has 0 aliphatic carbocycles. The highest BCUT2D eigenvalue weighted by atomic mass is 79.9. The fraction of sp³-hybridized carbons (Fsp3) is 0.357. The van der Waals surface area contributed by atoms with Crippen molar-refractivity contribution in [2.75, 3.05) is 13.1 Å². The number of nitrogens with zero attached hydrogens (tertiary/aromatic N) is 2. The Hall–Kier alpha value is -1.27. The third kappa shape index (κ3) is 5.02. The van der Waals surface area contributed by atoms with Gasteiger partial charge in [-0.1, -0.05) is 0 Å². The first-order valence-corrected chi connectivity index (χ1v) is 8.26. The Labute approximate surface area is 132 Å². The zero-order valence-corrected chi connectivity index (χ0v) is 13.9. The molecule has 0 bridgehead atoms. The summed E-state index contributed by atoms with van der Waals surface area (Å²) in [6.07, 6.45) is 4.13. The highest BCUT2D eigenvalue weighted by Crippen LogP contribution is 2.22. The van der Waals surface area contributed by atoms with E-state index in [1.165, 1.54) is 4.88 Å². The van der Waals surface area contributed by atoms with Crippen molar-refractivity contribution in [3.05, 3.63) is 45.3 Å². The Kier molecular flexibility index (Phi) is 6.14. The van der Waals surface area contributed by atoms with Gasteiger partial charge in [0.25, 0.3) is 0 Å². The van der Waals surface area contributed by atoms with Gasteiger partial charge in [0.2, 0.25) is 0 Å². The van der Waals surface area contributed by atoms with Gasteiger partial charge in [0.1, 0.15) is 0 Å². The number of hydrogen-bond donors (Lipinski definition) is 2. The fourth-order valence-electron chi connectivity index (χ4n) is 1.76. The molecule has 0 saturated carbocycles. The van der Waals surface area contributed by atoms with Gasteiger partial charge in [0, 0.05) is 36.9 Å². The molecule has 108 valence electrons. The molecule has 0 saturated heterocycles. The van der Waals surface area contributed by atoms with Crippen molar-refractivity contribution in [3.8, 4) is 0 Å². The molecule has 0 radical (unpaired) electrons. The molecule has 2 heterocycles. The van der Waals surface area contributed by atoms with Gasteiger partial charge in [-0.15, -0.1) is 11.3 Å². The van der Waals surface area contributed by atoms with Crippen LogP contribution in [0.25, 0.3) is 0 Å². The molecule has 0 aromatic carbocycles. The Balaban J connectivity index is 1.82. The quantitative estimate of drug-likeness (QED) is 0.618. The Morgan fingerprint density at radius 3 is 2.75 bits per heavy atom. The van der Waals surface area contributed by atoms with Crippen molar-refractivity contribution in [1.82, 2.24) is 15.2 Å². The predicted molar refractivity (Wildman–Crippen MR) is 89.3 cm³/mol. The Morgan fingerprint density at radius 2 is 2.10 bits per heavy atom. The second-order valence-electron chi connectivity index (χ2n) is 4.25. The lowest BCUT2D eigenvalue weighted by Gasteiger charge is -2.11. The van der Waals surface area contributed by atoms with E-state index in [1.54, 1.807) is 11.3 Å². The maximum absolute atomic E-state index is 4.59. The van der Waals surface area contributed by atoms with Gasteiger partial charge in [-0.25, -0.2) is 4.99 Å². The maximum atomic E-state index is 4.59. The smallest absolute Gasteiger partial charge is 0.191 e. The van der Waals surface area contributed by atoms with Gasteiger partial charge in [-0.3, -0.25) is 0 Å². The molecule has 6 heteroatoms. The molecule has 0 fully saturated rings. The molecule has 0 spiro atoms. The highest BCUT2D eigenvalue weighted by molar-refractivity contribution is 9.11. The first kappa shape index (κ1) is 15.1. The van der Waals surface area contributed by atoms with E-state index < -0.39 is 0 Å². The number of hydrogen-bond acceptors (Lipinski definition) is 2. The molecule has 0 aliphatic heterocycles. The molecule has 20 heavy (non-hydrogen) atoms. The van der Waals surface area contributed by atoms with E-state index in [4.69, 9.17) is 0 Å². The third-order valence-corrected chi connectivity index (χ3v) is 4.30. The maximum Gasteiger partial charge on any atom is 0.191 e. The highest BCUT2D eigenvalue weighted by Gasteiger charge is 1.99. The zero-order chi connectivity index (χ0) is 14.2. The van der Waals surface area contributed by atoms with Crippen LogP contribution in [0.4, 0.5) is 0 Å². The van der Waals surface area contributed by atoms with Crippen LogP contribution in [-0.4, -0.2) is 23.6 Å². The summed E-state index contributed by atoms with van der Waals surface area (Å²) >= 11 is 5.19. The lowest BCUT2D eigenvalue weighted by molar-refractivity contribution is 0.666. The summed E-state index contributed by atoms with van der Waals surface area (Å²) in [4.78, 5) is 5.84. The fourth-order valence-corrected chi connectivity index (χ4v) is 3.17. The minimum atomic E-state index is 0.703. The molecule has 0 atom stereocenters. The molecule has 2 aromatic rings. The molecule has 2 aromatic heterocycles. The van der Waals surface area contributed by atoms with Crippen molar-refractivity contribution < 1.29 is 0 Å². The lowest BCUT2D eigenvalue weighted by Crippen LogP contribution is -2.38. The van der Waals surface area contributed by atoms with Gasteiger partial charge >= 0.3 is 0 Å². The van der Waals surface area contributed by atoms with Crippen LogP contribution in [0, 0.1) is 0 Å². The monoisotopic (exact) mass is 354 g/mol. The summed E-state index contributed by atoms with van der Waals surface area (Å²) in [5, 5.41) is 6.61. The third-order valence-electron chi connectivity index (χ3n) is 2.69. The standard InChI is InChI=1S/C14H19BrN4S/c1-2-16-14(17-7-10-19-8-3-4-9-19)18-11-12-5-6-13(15)20-12/h3-6,8-9H,2,7,10-11H2,1H3,(H2,16,17,18). The SMILES string of the molecule is CCNC(=NCc1ccc(Br)s1)NCCn1cccc1. The van der Waals surface area contributed by atoms with E-state index in [1.807, 2.05) is 12.1 Å². The number of aliphatic imine (C=N–C) groups is 1. The minimum Gasteiger partial charge on any atom is -0.357 e. The van der Waals surface area contributed by atoms with Crippen LogP contribution >= 0.6 is 27.3 Å². The van der Waals surface area contributed by atoms with Crippen LogP contribution in [0.15, 0.2) is 45.4 Å². The summed E-state index contributed by atoms with van der Waals surface area (Å²) in [6, 6.07) is 8.23. The van der Waals surface area contributed by atoms with Crippen LogP contribution in [0.5, 0.6) is 0 Å². The number of rotatable bonds is 6. The van der Waals surface area contributed by atoms with E-state index in [0.29, 0.717) is 6.54 Å². The van der Waals surface area contributed by atoms with Crippen molar-refractivity contribution in [2.45, 2.75) is 20.0 Å². The van der Waals surface area contributed by atoms with E-state index in [-0.39, 0.29) is 0 Å². The first-order valence-electron chi connectivity index (χ1n) is 6.65. The van der Waals surface area contributed by atoms with E-state index in [0.717, 1.165) is 29.4 Å². The lowest BCUT2D eigenvalue weighted by atomic mass is 10.5. The number of aromatic nitrogens is 1. The zero-order valence-electron chi connectivity index (χ0n) is 11.5. The van der Waals surface area contributed by atoms with Gasteiger partial charge in [0.05, 0.1) is 10.3 Å². The van der Waals surface area contributed by atoms with E-state index in [2.05, 4.69) is 67.6 Å². The largest absolute Gasteiger partial charge is 0.357 e. The van der Waals surface area contributed by atoms with Crippen molar-refractivity contribution >= 4 is 33.2 Å². The van der Waals surface area contributed by atoms with Gasteiger partial charge in [-0.2, -0.15) is 0 Å². The van der Waals surface area contributed by atoms with Gasteiger partial charge in [0.15, 0.2) is 5.96 Å². The van der Waals surface area contributed by atoms with Crippen molar-refractivity contribution in [2.24, 2.45) is 4.99 Å². The topological polar surface area (TPSA) is 41.4 Å². The van der Waals surface area contributed by atoms with E-state index >= 15 is 0 Å². The molecular formula is C14H19BrN4S.